The molecule has 0 spiro atoms. The summed E-state index contributed by atoms with van der Waals surface area (Å²) in [6.07, 6.45) is 0. The number of carbonyl (C=O) groups is 6. The topological polar surface area (TPSA) is 149 Å². The molecule has 10 heteroatoms. The molecule has 0 saturated heterocycles. The Bertz CT molecular complexity index is 1650. The number of amides is 4. The van der Waals surface area contributed by atoms with E-state index in [0.29, 0.717) is 0 Å². The van der Waals surface area contributed by atoms with Crippen LogP contribution in [0.2, 0.25) is 0 Å². The van der Waals surface area contributed by atoms with Crippen molar-refractivity contribution in [2.45, 2.75) is 0 Å². The van der Waals surface area contributed by atoms with Crippen molar-refractivity contribution < 1.29 is 39.0 Å². The molecular formula is C30H16N2O8. The number of aromatic carboxylic acids is 2. The summed E-state index contributed by atoms with van der Waals surface area (Å²) < 4.78 is 0. The Morgan fingerprint density at radius 1 is 0.475 bits per heavy atom. The fourth-order valence-electron chi connectivity index (χ4n) is 4.98. The van der Waals surface area contributed by atoms with Crippen LogP contribution in [0.4, 0.5) is 11.4 Å². The minimum absolute atomic E-state index is 0.136. The minimum Gasteiger partial charge on any atom is -0.478 e. The Balaban J connectivity index is 1.42. The highest BCUT2D eigenvalue weighted by atomic mass is 16.4. The number of carboxylic acids is 2. The lowest BCUT2D eigenvalue weighted by atomic mass is 9.98. The summed E-state index contributed by atoms with van der Waals surface area (Å²) in [7, 11) is 0. The molecule has 2 aliphatic rings. The van der Waals surface area contributed by atoms with E-state index in [9.17, 15) is 39.0 Å². The molecule has 2 aliphatic heterocycles. The normalized spacial score (nSPS) is 14.0. The molecule has 0 saturated carbocycles. The molecule has 0 aromatic heterocycles. The smallest absolute Gasteiger partial charge is 0.337 e. The molecule has 4 aromatic carbocycles. The van der Waals surface area contributed by atoms with Gasteiger partial charge < -0.3 is 10.2 Å². The maximum Gasteiger partial charge on any atom is 0.337 e. The Labute approximate surface area is 225 Å². The first-order valence-electron chi connectivity index (χ1n) is 11.9. The van der Waals surface area contributed by atoms with Gasteiger partial charge >= 0.3 is 11.9 Å². The van der Waals surface area contributed by atoms with Crippen molar-refractivity contribution >= 4 is 46.9 Å². The molecule has 0 unspecified atom stereocenters. The molecular weight excluding hydrogens is 516 g/mol. The molecule has 40 heavy (non-hydrogen) atoms. The highest BCUT2D eigenvalue weighted by Gasteiger charge is 2.39. The fraction of sp³-hybridized carbons (Fsp3) is 0. The van der Waals surface area contributed by atoms with Crippen molar-refractivity contribution in [3.63, 3.8) is 0 Å². The first-order valence-corrected chi connectivity index (χ1v) is 11.9. The molecule has 4 amide bonds. The van der Waals surface area contributed by atoms with Crippen LogP contribution in [0.3, 0.4) is 0 Å². The zero-order valence-electron chi connectivity index (χ0n) is 20.3. The van der Waals surface area contributed by atoms with Crippen LogP contribution in [0.1, 0.15) is 62.1 Å². The number of rotatable bonds is 5. The number of fused-ring (bicyclic) bond motifs is 2. The summed E-state index contributed by atoms with van der Waals surface area (Å²) in [4.78, 5) is 77.8. The maximum absolute atomic E-state index is 12.9. The number of hydrogen-bond acceptors (Lipinski definition) is 6. The van der Waals surface area contributed by atoms with Crippen LogP contribution in [0, 0.1) is 0 Å². The molecule has 194 valence electrons. The Morgan fingerprint density at radius 3 is 1.05 bits per heavy atom. The molecule has 0 bridgehead atoms. The van der Waals surface area contributed by atoms with Gasteiger partial charge in [0.25, 0.3) is 23.6 Å². The lowest BCUT2D eigenvalue weighted by Crippen LogP contribution is -2.31. The summed E-state index contributed by atoms with van der Waals surface area (Å²) in [5.74, 6) is -5.45. The van der Waals surface area contributed by atoms with E-state index in [1.54, 1.807) is 24.3 Å². The molecule has 2 heterocycles. The molecule has 0 fully saturated rings. The Kier molecular flexibility index (Phi) is 5.40. The number of hydrogen-bond donors (Lipinski definition) is 2. The SMILES string of the molecule is O=C(O)c1cc(-c2ccc(N3C(=O)c4ccccc4C3=O)c(C(=O)O)c2)ccc1N1C(=O)c2ccccc2C1=O. The predicted octanol–water partition coefficient (Wildman–Crippen LogP) is 4.35. The van der Waals surface area contributed by atoms with E-state index in [2.05, 4.69) is 0 Å². The molecule has 0 radical (unpaired) electrons. The fourth-order valence-corrected chi connectivity index (χ4v) is 4.98. The number of carbonyl (C=O) groups excluding carboxylic acids is 4. The number of benzene rings is 4. The van der Waals surface area contributed by atoms with E-state index in [1.165, 1.54) is 60.7 Å². The Morgan fingerprint density at radius 2 is 0.775 bits per heavy atom. The van der Waals surface area contributed by atoms with Crippen molar-refractivity contribution in [3.05, 3.63) is 118 Å². The lowest BCUT2D eigenvalue weighted by molar-refractivity contribution is 0.0686. The monoisotopic (exact) mass is 532 g/mol. The average molecular weight is 532 g/mol. The summed E-state index contributed by atoms with van der Waals surface area (Å²) in [5.41, 5.74) is 0.188. The molecule has 6 rings (SSSR count). The van der Waals surface area contributed by atoms with Crippen LogP contribution in [0.25, 0.3) is 11.1 Å². The third kappa shape index (κ3) is 3.51. The third-order valence-corrected chi connectivity index (χ3v) is 6.86. The average Bonchev–Trinajstić information content (AvgIpc) is 3.36. The summed E-state index contributed by atoms with van der Waals surface area (Å²) in [5, 5.41) is 19.9. The lowest BCUT2D eigenvalue weighted by Gasteiger charge is -2.19. The second-order valence-electron chi connectivity index (χ2n) is 9.06. The van der Waals surface area contributed by atoms with Gasteiger partial charge in [-0.2, -0.15) is 0 Å². The van der Waals surface area contributed by atoms with Gasteiger partial charge in [0.2, 0.25) is 0 Å². The van der Waals surface area contributed by atoms with Gasteiger partial charge in [0.05, 0.1) is 44.8 Å². The highest BCUT2D eigenvalue weighted by Crippen LogP contribution is 2.36. The molecule has 4 aromatic rings. The van der Waals surface area contributed by atoms with Crippen molar-refractivity contribution in [2.75, 3.05) is 9.80 Å². The zero-order chi connectivity index (χ0) is 28.3. The quantitative estimate of drug-likeness (QED) is 0.360. The number of imide groups is 2. The molecule has 2 N–H and O–H groups in total. The largest absolute Gasteiger partial charge is 0.478 e. The maximum atomic E-state index is 12.9. The molecule has 0 atom stereocenters. The van der Waals surface area contributed by atoms with Crippen LogP contribution in [0.5, 0.6) is 0 Å². The van der Waals surface area contributed by atoms with Gasteiger partial charge in [-0.3, -0.25) is 19.2 Å². The third-order valence-electron chi connectivity index (χ3n) is 6.86. The first kappa shape index (κ1) is 24.4. The van der Waals surface area contributed by atoms with Crippen LogP contribution >= 0.6 is 0 Å². The number of nitrogens with zero attached hydrogens (tertiary/aromatic N) is 2. The van der Waals surface area contributed by atoms with E-state index in [-0.39, 0.29) is 55.9 Å². The van der Waals surface area contributed by atoms with Gasteiger partial charge in [-0.05, 0) is 59.7 Å². The van der Waals surface area contributed by atoms with Gasteiger partial charge in [0.15, 0.2) is 0 Å². The van der Waals surface area contributed by atoms with E-state index >= 15 is 0 Å². The second kappa shape index (κ2) is 8.84. The van der Waals surface area contributed by atoms with Crippen LogP contribution in [-0.4, -0.2) is 45.8 Å². The van der Waals surface area contributed by atoms with Crippen LogP contribution < -0.4 is 9.80 Å². The summed E-state index contributed by atoms with van der Waals surface area (Å²) in [6.45, 7) is 0. The summed E-state index contributed by atoms with van der Waals surface area (Å²) in [6, 6.07) is 20.3. The standard InChI is InChI=1S/C30H16N2O8/c33-25-17-5-1-2-6-18(17)26(34)31(25)23-11-9-15(13-21(23)29(37)38)16-10-12-24(22(14-16)30(39)40)32-27(35)19-7-3-4-8-20(19)28(32)36/h1-14H,(H,37,38)(H,39,40). The van der Waals surface area contributed by atoms with Gasteiger partial charge in [-0.25, -0.2) is 19.4 Å². The van der Waals surface area contributed by atoms with Gasteiger partial charge in [0.1, 0.15) is 0 Å². The molecule has 0 aliphatic carbocycles. The number of carboxylic acid groups (broad SMARTS) is 2. The second-order valence-corrected chi connectivity index (χ2v) is 9.06. The number of anilines is 2. The van der Waals surface area contributed by atoms with E-state index in [4.69, 9.17) is 0 Å². The zero-order valence-corrected chi connectivity index (χ0v) is 20.3. The van der Waals surface area contributed by atoms with Crippen molar-refractivity contribution in [2.24, 2.45) is 0 Å². The van der Waals surface area contributed by atoms with Crippen molar-refractivity contribution in [3.8, 4) is 11.1 Å². The van der Waals surface area contributed by atoms with Gasteiger partial charge in [0, 0.05) is 0 Å². The highest BCUT2D eigenvalue weighted by molar-refractivity contribution is 6.36. The first-order chi connectivity index (χ1) is 19.2. The van der Waals surface area contributed by atoms with Crippen LogP contribution in [0.15, 0.2) is 84.9 Å². The molecule has 10 nitrogen and oxygen atoms in total. The van der Waals surface area contributed by atoms with E-state index < -0.39 is 35.6 Å². The van der Waals surface area contributed by atoms with Crippen molar-refractivity contribution in [1.29, 1.82) is 0 Å². The van der Waals surface area contributed by atoms with E-state index in [0.717, 1.165) is 9.80 Å². The summed E-state index contributed by atoms with van der Waals surface area (Å²) >= 11 is 0. The van der Waals surface area contributed by atoms with Gasteiger partial charge in [-0.15, -0.1) is 0 Å². The van der Waals surface area contributed by atoms with Crippen LogP contribution in [-0.2, 0) is 0 Å². The predicted molar refractivity (Wildman–Crippen MR) is 141 cm³/mol. The van der Waals surface area contributed by atoms with E-state index in [1.807, 2.05) is 0 Å². The minimum atomic E-state index is -1.41. The van der Waals surface area contributed by atoms with Crippen molar-refractivity contribution in [1.82, 2.24) is 0 Å². The Hall–Kier alpha value is -5.90. The van der Waals surface area contributed by atoms with Gasteiger partial charge in [-0.1, -0.05) is 36.4 Å².